The Balaban J connectivity index is 1.82. The van der Waals surface area contributed by atoms with Crippen molar-refractivity contribution >= 4 is 6.21 Å². The lowest BCUT2D eigenvalue weighted by Crippen LogP contribution is -2.54. The van der Waals surface area contributed by atoms with E-state index in [4.69, 9.17) is 0 Å². The lowest BCUT2D eigenvalue weighted by molar-refractivity contribution is -0.155. The van der Waals surface area contributed by atoms with Gasteiger partial charge in [-0.2, -0.15) is 13.2 Å². The van der Waals surface area contributed by atoms with Crippen molar-refractivity contribution < 1.29 is 13.2 Å². The minimum absolute atomic E-state index is 0.0786. The van der Waals surface area contributed by atoms with Crippen molar-refractivity contribution in [1.29, 1.82) is 0 Å². The van der Waals surface area contributed by atoms with Gasteiger partial charge in [0, 0.05) is 31.9 Å². The molecule has 2 atom stereocenters. The Labute approximate surface area is 111 Å². The minimum Gasteiger partial charge on any atom is -0.314 e. The fraction of sp³-hybridized carbons (Fsp3) is 0.917. The summed E-state index contributed by atoms with van der Waals surface area (Å²) < 4.78 is 37.5. The zero-order valence-electron chi connectivity index (χ0n) is 11.1. The highest BCUT2D eigenvalue weighted by atomic mass is 19.4. The first-order valence-electron chi connectivity index (χ1n) is 6.81. The van der Waals surface area contributed by atoms with E-state index in [9.17, 15) is 13.2 Å². The maximum atomic E-state index is 12.5. The van der Waals surface area contributed by atoms with Gasteiger partial charge in [-0.1, -0.05) is 6.92 Å². The summed E-state index contributed by atoms with van der Waals surface area (Å²) in [7, 11) is 0. The number of nitrogens with zero attached hydrogens (tertiary/aromatic N) is 2. The third-order valence-electron chi connectivity index (χ3n) is 3.72. The van der Waals surface area contributed by atoms with Crippen molar-refractivity contribution in [3.8, 4) is 0 Å². The zero-order valence-corrected chi connectivity index (χ0v) is 11.1. The van der Waals surface area contributed by atoms with E-state index < -0.39 is 12.1 Å². The Morgan fingerprint density at radius 3 is 2.53 bits per heavy atom. The molecule has 0 aliphatic carbocycles. The van der Waals surface area contributed by atoms with Crippen LogP contribution in [0.4, 0.5) is 13.2 Å². The van der Waals surface area contributed by atoms with Crippen LogP contribution in [0.1, 0.15) is 19.8 Å². The summed E-state index contributed by atoms with van der Waals surface area (Å²) in [6.07, 6.45) is -1.40. The number of alkyl halides is 3. The van der Waals surface area contributed by atoms with E-state index in [1.165, 1.54) is 0 Å². The Kier molecular flexibility index (Phi) is 4.81. The van der Waals surface area contributed by atoms with Gasteiger partial charge in [-0.15, -0.1) is 0 Å². The van der Waals surface area contributed by atoms with Gasteiger partial charge in [0.2, 0.25) is 0 Å². The molecule has 1 saturated heterocycles. The molecule has 0 aromatic carbocycles. The molecule has 110 valence electrons. The van der Waals surface area contributed by atoms with Crippen LogP contribution in [-0.2, 0) is 0 Å². The molecular weight excluding hydrogens is 257 g/mol. The number of likely N-dealkylation sites (tertiary alicyclic amines) is 1. The maximum absolute atomic E-state index is 12.5. The molecule has 2 unspecified atom stereocenters. The number of halogens is 3. The number of nitrogens with one attached hydrogen (secondary N) is 2. The second-order valence-corrected chi connectivity index (χ2v) is 5.10. The molecule has 2 heterocycles. The van der Waals surface area contributed by atoms with E-state index in [2.05, 4.69) is 27.4 Å². The first-order chi connectivity index (χ1) is 9.00. The molecule has 0 amide bonds. The van der Waals surface area contributed by atoms with E-state index in [-0.39, 0.29) is 12.8 Å². The first kappa shape index (κ1) is 14.7. The molecular formula is C12H21F3N4. The van der Waals surface area contributed by atoms with Gasteiger partial charge >= 0.3 is 6.18 Å². The van der Waals surface area contributed by atoms with Crippen LogP contribution in [0, 0.1) is 5.92 Å². The van der Waals surface area contributed by atoms with Gasteiger partial charge in [-0.25, -0.2) is 0 Å². The normalized spacial score (nSPS) is 30.7. The number of piperidine rings is 1. The largest absolute Gasteiger partial charge is 0.397 e. The van der Waals surface area contributed by atoms with Gasteiger partial charge in [0.15, 0.2) is 6.29 Å². The van der Waals surface area contributed by atoms with Crippen LogP contribution in [0.2, 0.25) is 0 Å². The quantitative estimate of drug-likeness (QED) is 0.815. The number of rotatable bonds is 3. The van der Waals surface area contributed by atoms with E-state index in [0.29, 0.717) is 6.04 Å². The fourth-order valence-corrected chi connectivity index (χ4v) is 2.58. The molecule has 4 nitrogen and oxygen atoms in total. The van der Waals surface area contributed by atoms with E-state index in [0.717, 1.165) is 38.7 Å². The van der Waals surface area contributed by atoms with Crippen molar-refractivity contribution in [2.24, 2.45) is 10.9 Å². The second kappa shape index (κ2) is 6.19. The van der Waals surface area contributed by atoms with Crippen molar-refractivity contribution in [3.05, 3.63) is 0 Å². The van der Waals surface area contributed by atoms with Crippen LogP contribution in [0.25, 0.3) is 0 Å². The van der Waals surface area contributed by atoms with Crippen molar-refractivity contribution in [2.45, 2.75) is 38.3 Å². The van der Waals surface area contributed by atoms with E-state index in [1.807, 2.05) is 0 Å². The summed E-state index contributed by atoms with van der Waals surface area (Å²) in [5, 5.41) is 6.28. The van der Waals surface area contributed by atoms with Gasteiger partial charge in [-0.05, 0) is 19.4 Å². The third-order valence-corrected chi connectivity index (χ3v) is 3.72. The summed E-state index contributed by atoms with van der Waals surface area (Å²) in [4.78, 5) is 6.13. The predicted octanol–water partition coefficient (Wildman–Crippen LogP) is 1.20. The van der Waals surface area contributed by atoms with Crippen LogP contribution in [-0.4, -0.2) is 55.8 Å². The Morgan fingerprint density at radius 1 is 1.37 bits per heavy atom. The average Bonchev–Trinajstić information content (AvgIpc) is 2.39. The molecule has 0 aromatic rings. The highest BCUT2D eigenvalue weighted by Crippen LogP contribution is 2.26. The molecule has 7 heteroatoms. The van der Waals surface area contributed by atoms with Crippen LogP contribution < -0.4 is 10.6 Å². The lowest BCUT2D eigenvalue weighted by atomic mass is 10.0. The summed E-state index contributed by atoms with van der Waals surface area (Å²) in [6, 6.07) is 0.525. The highest BCUT2D eigenvalue weighted by molar-refractivity contribution is 5.63. The van der Waals surface area contributed by atoms with Crippen LogP contribution in [0.15, 0.2) is 4.99 Å². The van der Waals surface area contributed by atoms with Crippen LogP contribution >= 0.6 is 0 Å². The van der Waals surface area contributed by atoms with Crippen molar-refractivity contribution in [1.82, 2.24) is 15.5 Å². The zero-order chi connectivity index (χ0) is 13.9. The molecule has 2 aliphatic rings. The molecule has 1 fully saturated rings. The third kappa shape index (κ3) is 3.90. The average molecular weight is 278 g/mol. The molecule has 2 N–H and O–H groups in total. The second-order valence-electron chi connectivity index (χ2n) is 5.10. The standard InChI is InChI=1S/C12H21F3N4/c1-2-16-10-3-5-19(6-4-10)11-17-7-9(8-18-11)12(13,14)15/h7,9-11,16,18H,2-6,8H2,1H3. The highest BCUT2D eigenvalue weighted by Gasteiger charge is 2.40. The summed E-state index contributed by atoms with van der Waals surface area (Å²) in [5.41, 5.74) is 0. The van der Waals surface area contributed by atoms with E-state index in [1.54, 1.807) is 0 Å². The van der Waals surface area contributed by atoms with Crippen molar-refractivity contribution in [3.63, 3.8) is 0 Å². The number of aliphatic imine (C=N–C) groups is 1. The lowest BCUT2D eigenvalue weighted by Gasteiger charge is -2.38. The number of hydrogen-bond acceptors (Lipinski definition) is 4. The molecule has 0 aromatic heterocycles. The fourth-order valence-electron chi connectivity index (χ4n) is 2.58. The Hall–Kier alpha value is -0.660. The van der Waals surface area contributed by atoms with Crippen molar-refractivity contribution in [2.75, 3.05) is 26.2 Å². The molecule has 0 bridgehead atoms. The van der Waals surface area contributed by atoms with Crippen LogP contribution in [0.5, 0.6) is 0 Å². The van der Waals surface area contributed by atoms with Gasteiger partial charge in [0.1, 0.15) is 5.92 Å². The minimum atomic E-state index is -4.19. The monoisotopic (exact) mass is 278 g/mol. The van der Waals surface area contributed by atoms with Gasteiger partial charge < -0.3 is 5.32 Å². The van der Waals surface area contributed by atoms with Gasteiger partial charge in [0.25, 0.3) is 0 Å². The molecule has 2 rings (SSSR count). The molecule has 0 radical (unpaired) electrons. The van der Waals surface area contributed by atoms with Gasteiger partial charge in [0.05, 0.1) is 0 Å². The maximum Gasteiger partial charge on any atom is 0.397 e. The SMILES string of the molecule is CCNC1CCN(C2N=CC(C(F)(F)F)CN2)CC1. The predicted molar refractivity (Wildman–Crippen MR) is 68.1 cm³/mol. The first-order valence-corrected chi connectivity index (χ1v) is 6.81. The van der Waals surface area contributed by atoms with Gasteiger partial charge in [-0.3, -0.25) is 15.2 Å². The molecule has 2 aliphatic heterocycles. The summed E-state index contributed by atoms with van der Waals surface area (Å²) in [6.45, 7) is 4.69. The molecule has 19 heavy (non-hydrogen) atoms. The Bertz CT molecular complexity index is 311. The summed E-state index contributed by atoms with van der Waals surface area (Å²) >= 11 is 0. The smallest absolute Gasteiger partial charge is 0.314 e. The topological polar surface area (TPSA) is 39.7 Å². The number of hydrogen-bond donors (Lipinski definition) is 2. The Morgan fingerprint density at radius 2 is 2.05 bits per heavy atom. The summed E-state index contributed by atoms with van der Waals surface area (Å²) in [5.74, 6) is -1.46. The molecule has 0 saturated carbocycles. The van der Waals surface area contributed by atoms with Crippen LogP contribution in [0.3, 0.4) is 0 Å². The van der Waals surface area contributed by atoms with E-state index >= 15 is 0 Å². The molecule has 0 spiro atoms.